The molecule has 2 N–H and O–H groups in total. The first-order valence-electron chi connectivity index (χ1n) is 8.41. The van der Waals surface area contributed by atoms with E-state index >= 15 is 0 Å². The van der Waals surface area contributed by atoms with E-state index in [0.29, 0.717) is 5.69 Å². The molecule has 9 heteroatoms. The Hall–Kier alpha value is -2.65. The average Bonchev–Trinajstić information content (AvgIpc) is 2.59. The molecule has 0 radical (unpaired) electrons. The third-order valence-electron chi connectivity index (χ3n) is 3.83. The Balaban J connectivity index is 2.30. The number of hydrogen-bond acceptors (Lipinski definition) is 9. The van der Waals surface area contributed by atoms with Gasteiger partial charge in [0, 0.05) is 26.5 Å². The van der Waals surface area contributed by atoms with Crippen molar-refractivity contribution in [3.63, 3.8) is 0 Å². The van der Waals surface area contributed by atoms with Crippen molar-refractivity contribution in [2.75, 3.05) is 11.9 Å². The maximum absolute atomic E-state index is 11.6. The van der Waals surface area contributed by atoms with Crippen molar-refractivity contribution in [2.45, 2.75) is 51.4 Å². The lowest BCUT2D eigenvalue weighted by Gasteiger charge is -2.43. The van der Waals surface area contributed by atoms with Crippen LogP contribution in [0.25, 0.3) is 0 Å². The van der Waals surface area contributed by atoms with Crippen molar-refractivity contribution in [2.24, 2.45) is 0 Å². The Morgan fingerprint density at radius 1 is 1.00 bits per heavy atom. The van der Waals surface area contributed by atoms with Crippen molar-refractivity contribution in [3.8, 4) is 0 Å². The molecular weight excluding hydrogens is 358 g/mol. The van der Waals surface area contributed by atoms with Crippen LogP contribution >= 0.6 is 0 Å². The van der Waals surface area contributed by atoms with Crippen LogP contribution in [0.3, 0.4) is 0 Å². The molecule has 0 amide bonds. The molecule has 148 valence electrons. The summed E-state index contributed by atoms with van der Waals surface area (Å²) in [6, 6.07) is 7.97. The van der Waals surface area contributed by atoms with Gasteiger partial charge in [0.05, 0.1) is 0 Å². The van der Waals surface area contributed by atoms with Crippen LogP contribution in [0.15, 0.2) is 30.3 Å². The second-order valence-electron chi connectivity index (χ2n) is 6.05. The SMILES string of the molecule is CC(=O)OC[C@H]1O[C@@H](O)[C@H](Nc2ccccc2)[C@@H](OC(C)=O)[C@@H]1OC(C)=O. The largest absolute Gasteiger partial charge is 0.463 e. The first-order valence-corrected chi connectivity index (χ1v) is 8.41. The van der Waals surface area contributed by atoms with Gasteiger partial charge in [0.1, 0.15) is 18.8 Å². The number of para-hydroxylation sites is 1. The minimum absolute atomic E-state index is 0.278. The van der Waals surface area contributed by atoms with E-state index in [1.54, 1.807) is 24.3 Å². The van der Waals surface area contributed by atoms with E-state index in [-0.39, 0.29) is 6.61 Å². The molecular formula is C18H23NO8. The molecule has 0 saturated carbocycles. The van der Waals surface area contributed by atoms with E-state index in [9.17, 15) is 19.5 Å². The van der Waals surface area contributed by atoms with Crippen LogP contribution in [0, 0.1) is 0 Å². The fourth-order valence-electron chi connectivity index (χ4n) is 2.80. The number of carbonyl (C=O) groups excluding carboxylic acids is 3. The zero-order valence-corrected chi connectivity index (χ0v) is 15.3. The molecule has 27 heavy (non-hydrogen) atoms. The predicted molar refractivity (Wildman–Crippen MR) is 92.5 cm³/mol. The van der Waals surface area contributed by atoms with Gasteiger partial charge in [-0.1, -0.05) is 18.2 Å². The first-order chi connectivity index (χ1) is 12.8. The summed E-state index contributed by atoms with van der Waals surface area (Å²) in [5.41, 5.74) is 0.641. The van der Waals surface area contributed by atoms with Crippen LogP contribution in [-0.2, 0) is 33.3 Å². The van der Waals surface area contributed by atoms with Gasteiger partial charge in [-0.3, -0.25) is 14.4 Å². The lowest BCUT2D eigenvalue weighted by atomic mass is 9.96. The third kappa shape index (κ3) is 5.93. The number of carbonyl (C=O) groups is 3. The van der Waals surface area contributed by atoms with Gasteiger partial charge in [-0.25, -0.2) is 0 Å². The Morgan fingerprint density at radius 2 is 1.59 bits per heavy atom. The van der Waals surface area contributed by atoms with E-state index in [1.165, 1.54) is 20.8 Å². The highest BCUT2D eigenvalue weighted by Crippen LogP contribution is 2.28. The minimum Gasteiger partial charge on any atom is -0.463 e. The summed E-state index contributed by atoms with van der Waals surface area (Å²) in [5.74, 6) is -1.83. The molecule has 9 nitrogen and oxygen atoms in total. The number of aliphatic hydroxyl groups excluding tert-OH is 1. The number of hydrogen-bond donors (Lipinski definition) is 2. The van der Waals surface area contributed by atoms with Crippen LogP contribution < -0.4 is 5.32 Å². The smallest absolute Gasteiger partial charge is 0.303 e. The molecule has 2 rings (SSSR count). The topological polar surface area (TPSA) is 120 Å². The van der Waals surface area contributed by atoms with Gasteiger partial charge in [0.2, 0.25) is 0 Å². The van der Waals surface area contributed by atoms with Gasteiger partial charge >= 0.3 is 17.9 Å². The predicted octanol–water partition coefficient (Wildman–Crippen LogP) is 0.611. The maximum Gasteiger partial charge on any atom is 0.303 e. The van der Waals surface area contributed by atoms with Crippen LogP contribution in [0.4, 0.5) is 5.69 Å². The molecule has 1 heterocycles. The molecule has 0 spiro atoms. The summed E-state index contributed by atoms with van der Waals surface area (Å²) in [7, 11) is 0. The summed E-state index contributed by atoms with van der Waals surface area (Å²) >= 11 is 0. The third-order valence-corrected chi connectivity index (χ3v) is 3.83. The van der Waals surface area contributed by atoms with E-state index in [2.05, 4.69) is 5.32 Å². The molecule has 1 saturated heterocycles. The van der Waals surface area contributed by atoms with E-state index in [0.717, 1.165) is 0 Å². The second kappa shape index (κ2) is 9.33. The molecule has 0 aromatic heterocycles. The summed E-state index contributed by atoms with van der Waals surface area (Å²) in [5, 5.41) is 13.5. The highest BCUT2D eigenvalue weighted by molar-refractivity contribution is 5.68. The number of anilines is 1. The quantitative estimate of drug-likeness (QED) is 0.539. The van der Waals surface area contributed by atoms with Gasteiger partial charge in [-0.2, -0.15) is 0 Å². The number of benzene rings is 1. The Bertz CT molecular complexity index is 665. The molecule has 5 atom stereocenters. The Morgan fingerprint density at radius 3 is 2.15 bits per heavy atom. The second-order valence-corrected chi connectivity index (χ2v) is 6.05. The van der Waals surface area contributed by atoms with Crippen molar-refractivity contribution in [1.29, 1.82) is 0 Å². The molecule has 1 fully saturated rings. The van der Waals surface area contributed by atoms with Crippen LogP contribution in [0.1, 0.15) is 20.8 Å². The van der Waals surface area contributed by atoms with Crippen LogP contribution in [-0.4, -0.2) is 60.3 Å². The van der Waals surface area contributed by atoms with Crippen molar-refractivity contribution >= 4 is 23.6 Å². The monoisotopic (exact) mass is 381 g/mol. The van der Waals surface area contributed by atoms with Crippen LogP contribution in [0.5, 0.6) is 0 Å². The standard InChI is InChI=1S/C18H23NO8/c1-10(20)24-9-14-16(25-11(2)21)17(26-12(3)22)15(18(23)27-14)19-13-7-5-4-6-8-13/h4-8,14-19,23H,9H2,1-3H3/t14-,15-,16-,17-,18-/m1/s1. The van der Waals surface area contributed by atoms with Crippen molar-refractivity contribution in [1.82, 2.24) is 0 Å². The zero-order chi connectivity index (χ0) is 20.0. The highest BCUT2D eigenvalue weighted by Gasteiger charge is 2.50. The summed E-state index contributed by atoms with van der Waals surface area (Å²) in [6.07, 6.45) is -4.58. The van der Waals surface area contributed by atoms with Gasteiger partial charge < -0.3 is 29.4 Å². The lowest BCUT2D eigenvalue weighted by molar-refractivity contribution is -0.257. The number of aliphatic hydroxyl groups is 1. The van der Waals surface area contributed by atoms with Gasteiger partial charge in [0.25, 0.3) is 0 Å². The number of nitrogens with one attached hydrogen (secondary N) is 1. The number of ether oxygens (including phenoxy) is 4. The fraction of sp³-hybridized carbons (Fsp3) is 0.500. The van der Waals surface area contributed by atoms with E-state index in [4.69, 9.17) is 18.9 Å². The van der Waals surface area contributed by atoms with Crippen molar-refractivity contribution in [3.05, 3.63) is 30.3 Å². The maximum atomic E-state index is 11.6. The molecule has 1 aromatic rings. The molecule has 0 unspecified atom stereocenters. The molecule has 0 aliphatic carbocycles. The van der Waals surface area contributed by atoms with Crippen molar-refractivity contribution < 1.29 is 38.4 Å². The summed E-state index contributed by atoms with van der Waals surface area (Å²) < 4.78 is 21.0. The lowest BCUT2D eigenvalue weighted by Crippen LogP contribution is -2.63. The van der Waals surface area contributed by atoms with Gasteiger partial charge in [0.15, 0.2) is 18.5 Å². The number of esters is 3. The molecule has 0 bridgehead atoms. The van der Waals surface area contributed by atoms with E-state index < -0.39 is 48.6 Å². The Labute approximate surface area is 156 Å². The molecule has 1 aliphatic rings. The first kappa shape index (κ1) is 20.7. The zero-order valence-electron chi connectivity index (χ0n) is 15.3. The molecule has 1 aliphatic heterocycles. The normalized spacial score (nSPS) is 27.3. The van der Waals surface area contributed by atoms with Gasteiger partial charge in [-0.15, -0.1) is 0 Å². The van der Waals surface area contributed by atoms with Gasteiger partial charge in [-0.05, 0) is 12.1 Å². The average molecular weight is 381 g/mol. The minimum atomic E-state index is -1.41. The summed E-state index contributed by atoms with van der Waals surface area (Å²) in [6.45, 7) is 3.33. The Kier molecular flexibility index (Phi) is 7.14. The fourth-order valence-corrected chi connectivity index (χ4v) is 2.80. The number of rotatable bonds is 6. The van der Waals surface area contributed by atoms with Crippen LogP contribution in [0.2, 0.25) is 0 Å². The van der Waals surface area contributed by atoms with E-state index in [1.807, 2.05) is 6.07 Å². The summed E-state index contributed by atoms with van der Waals surface area (Å²) in [4.78, 5) is 34.3. The highest BCUT2D eigenvalue weighted by atomic mass is 16.7. The molecule has 1 aromatic carbocycles.